The van der Waals surface area contributed by atoms with Gasteiger partial charge in [0, 0.05) is 24.0 Å². The molecular formula is C13H13Cl2N3OS. The molecule has 3 rings (SSSR count). The van der Waals surface area contributed by atoms with Crippen molar-refractivity contribution in [2.24, 2.45) is 5.73 Å². The van der Waals surface area contributed by atoms with Crippen molar-refractivity contribution in [1.82, 2.24) is 10.1 Å². The predicted octanol–water partition coefficient (Wildman–Crippen LogP) is 3.12. The largest absolute Gasteiger partial charge is 0.339 e. The number of nitrogens with two attached hydrogens (primary N) is 1. The van der Waals surface area contributed by atoms with Crippen molar-refractivity contribution >= 4 is 35.0 Å². The molecule has 1 aliphatic heterocycles. The Morgan fingerprint density at radius 2 is 2.15 bits per heavy atom. The molecule has 20 heavy (non-hydrogen) atoms. The highest BCUT2D eigenvalue weighted by molar-refractivity contribution is 7.99. The lowest BCUT2D eigenvalue weighted by molar-refractivity contribution is 0.349. The molecular weight excluding hydrogens is 317 g/mol. The molecule has 1 aromatic carbocycles. The lowest BCUT2D eigenvalue weighted by Gasteiger charge is -2.07. The zero-order chi connectivity index (χ0) is 14.1. The molecule has 2 atom stereocenters. The van der Waals surface area contributed by atoms with Gasteiger partial charge in [-0.2, -0.15) is 16.7 Å². The standard InChI is InChI=1S/C13H13Cl2N3OS/c14-9-2-1-7(3-10(9)15)4-12-17-13(19-18-12)8-5-20-6-11(8)16/h1-3,8,11H,4-6,16H2. The van der Waals surface area contributed by atoms with Gasteiger partial charge in [-0.1, -0.05) is 34.4 Å². The Hall–Kier alpha value is -0.750. The molecule has 1 aromatic heterocycles. The van der Waals surface area contributed by atoms with E-state index in [1.165, 1.54) is 0 Å². The number of hydrogen-bond acceptors (Lipinski definition) is 5. The summed E-state index contributed by atoms with van der Waals surface area (Å²) < 4.78 is 5.33. The minimum Gasteiger partial charge on any atom is -0.339 e. The first-order chi connectivity index (χ1) is 9.63. The van der Waals surface area contributed by atoms with Gasteiger partial charge >= 0.3 is 0 Å². The smallest absolute Gasteiger partial charge is 0.232 e. The van der Waals surface area contributed by atoms with Crippen LogP contribution in [0, 0.1) is 0 Å². The molecule has 4 nitrogen and oxygen atoms in total. The van der Waals surface area contributed by atoms with Crippen LogP contribution in [0.2, 0.25) is 10.0 Å². The van der Waals surface area contributed by atoms with Crippen molar-refractivity contribution in [2.75, 3.05) is 11.5 Å². The summed E-state index contributed by atoms with van der Waals surface area (Å²) in [5.41, 5.74) is 7.03. The average molecular weight is 330 g/mol. The zero-order valence-corrected chi connectivity index (χ0v) is 12.9. The summed E-state index contributed by atoms with van der Waals surface area (Å²) >= 11 is 13.7. The molecule has 2 aromatic rings. The van der Waals surface area contributed by atoms with E-state index in [0.717, 1.165) is 17.1 Å². The number of aromatic nitrogens is 2. The van der Waals surface area contributed by atoms with Crippen molar-refractivity contribution in [3.8, 4) is 0 Å². The van der Waals surface area contributed by atoms with Crippen molar-refractivity contribution in [1.29, 1.82) is 0 Å². The van der Waals surface area contributed by atoms with E-state index < -0.39 is 0 Å². The second-order valence-electron chi connectivity index (χ2n) is 4.78. The summed E-state index contributed by atoms with van der Waals surface area (Å²) in [5, 5.41) is 5.09. The fraction of sp³-hybridized carbons (Fsp3) is 0.385. The fourth-order valence-corrected chi connectivity index (χ4v) is 3.75. The van der Waals surface area contributed by atoms with Crippen LogP contribution in [-0.4, -0.2) is 27.7 Å². The summed E-state index contributed by atoms with van der Waals surface area (Å²) in [6.45, 7) is 0. The van der Waals surface area contributed by atoms with E-state index in [4.69, 9.17) is 33.5 Å². The highest BCUT2D eigenvalue weighted by atomic mass is 35.5. The second kappa shape index (κ2) is 5.93. The first kappa shape index (κ1) is 14.2. The van der Waals surface area contributed by atoms with E-state index in [1.807, 2.05) is 23.9 Å². The van der Waals surface area contributed by atoms with Crippen LogP contribution in [0.1, 0.15) is 23.2 Å². The van der Waals surface area contributed by atoms with Crippen LogP contribution < -0.4 is 5.73 Å². The number of hydrogen-bond donors (Lipinski definition) is 1. The quantitative estimate of drug-likeness (QED) is 0.937. The maximum absolute atomic E-state index is 6.03. The molecule has 0 bridgehead atoms. The maximum atomic E-state index is 6.03. The van der Waals surface area contributed by atoms with Crippen LogP contribution in [0.15, 0.2) is 22.7 Å². The SMILES string of the molecule is NC1CSCC1c1nc(Cc2ccc(Cl)c(Cl)c2)no1. The third kappa shape index (κ3) is 2.96. The van der Waals surface area contributed by atoms with Gasteiger partial charge in [-0.3, -0.25) is 0 Å². The first-order valence-corrected chi connectivity index (χ1v) is 8.14. The van der Waals surface area contributed by atoms with E-state index >= 15 is 0 Å². The number of halogens is 2. The predicted molar refractivity (Wildman–Crippen MR) is 81.6 cm³/mol. The van der Waals surface area contributed by atoms with E-state index in [2.05, 4.69) is 10.1 Å². The molecule has 106 valence electrons. The number of thioether (sulfide) groups is 1. The van der Waals surface area contributed by atoms with Crippen LogP contribution in [0.25, 0.3) is 0 Å². The third-order valence-electron chi connectivity index (χ3n) is 3.27. The Morgan fingerprint density at radius 1 is 1.30 bits per heavy atom. The summed E-state index contributed by atoms with van der Waals surface area (Å²) in [4.78, 5) is 4.44. The monoisotopic (exact) mass is 329 g/mol. The van der Waals surface area contributed by atoms with Crippen LogP contribution in [-0.2, 0) is 6.42 Å². The summed E-state index contributed by atoms with van der Waals surface area (Å²) in [6.07, 6.45) is 0.565. The van der Waals surface area contributed by atoms with Gasteiger partial charge in [-0.25, -0.2) is 0 Å². The molecule has 1 aliphatic rings. The molecule has 2 heterocycles. The molecule has 2 N–H and O–H groups in total. The minimum atomic E-state index is 0.0956. The molecule has 0 radical (unpaired) electrons. The van der Waals surface area contributed by atoms with E-state index in [9.17, 15) is 0 Å². The average Bonchev–Trinajstić information content (AvgIpc) is 3.03. The second-order valence-corrected chi connectivity index (χ2v) is 6.67. The normalized spacial score (nSPS) is 22.4. The van der Waals surface area contributed by atoms with Crippen molar-refractivity contribution < 1.29 is 4.52 Å². The number of benzene rings is 1. The van der Waals surface area contributed by atoms with Gasteiger partial charge in [0.05, 0.1) is 16.0 Å². The van der Waals surface area contributed by atoms with Crippen molar-refractivity contribution in [3.63, 3.8) is 0 Å². The Labute approximate surface area is 131 Å². The Balaban J connectivity index is 1.75. The van der Waals surface area contributed by atoms with Crippen molar-refractivity contribution in [2.45, 2.75) is 18.4 Å². The van der Waals surface area contributed by atoms with E-state index in [1.54, 1.807) is 6.07 Å². The van der Waals surface area contributed by atoms with E-state index in [-0.39, 0.29) is 12.0 Å². The summed E-state index contributed by atoms with van der Waals surface area (Å²) in [7, 11) is 0. The molecule has 2 unspecified atom stereocenters. The molecule has 0 aliphatic carbocycles. The lowest BCUT2D eigenvalue weighted by Crippen LogP contribution is -2.26. The fourth-order valence-electron chi connectivity index (χ4n) is 2.15. The number of nitrogens with zero attached hydrogens (tertiary/aromatic N) is 2. The Morgan fingerprint density at radius 3 is 2.85 bits per heavy atom. The molecule has 1 saturated heterocycles. The van der Waals surface area contributed by atoms with Crippen LogP contribution >= 0.6 is 35.0 Å². The first-order valence-electron chi connectivity index (χ1n) is 6.23. The van der Waals surface area contributed by atoms with Crippen LogP contribution in [0.3, 0.4) is 0 Å². The maximum Gasteiger partial charge on any atom is 0.232 e. The van der Waals surface area contributed by atoms with Crippen LogP contribution in [0.5, 0.6) is 0 Å². The third-order valence-corrected chi connectivity index (χ3v) is 5.23. The Kier molecular flexibility index (Phi) is 4.21. The summed E-state index contributed by atoms with van der Waals surface area (Å²) in [6, 6.07) is 5.58. The minimum absolute atomic E-state index is 0.0956. The molecule has 0 amide bonds. The number of rotatable bonds is 3. The van der Waals surface area contributed by atoms with Gasteiger partial charge in [-0.05, 0) is 17.7 Å². The van der Waals surface area contributed by atoms with Crippen LogP contribution in [0.4, 0.5) is 0 Å². The summed E-state index contributed by atoms with van der Waals surface area (Å²) in [5.74, 6) is 3.32. The van der Waals surface area contributed by atoms with Gasteiger partial charge in [0.1, 0.15) is 0 Å². The van der Waals surface area contributed by atoms with Crippen molar-refractivity contribution in [3.05, 3.63) is 45.5 Å². The molecule has 0 saturated carbocycles. The highest BCUT2D eigenvalue weighted by Crippen LogP contribution is 2.31. The highest BCUT2D eigenvalue weighted by Gasteiger charge is 2.30. The molecule has 1 fully saturated rings. The van der Waals surface area contributed by atoms with Gasteiger partial charge in [0.2, 0.25) is 5.89 Å². The topological polar surface area (TPSA) is 64.9 Å². The van der Waals surface area contributed by atoms with Gasteiger partial charge < -0.3 is 10.3 Å². The van der Waals surface area contributed by atoms with Gasteiger partial charge in [-0.15, -0.1) is 0 Å². The van der Waals surface area contributed by atoms with Gasteiger partial charge in [0.25, 0.3) is 0 Å². The Bertz CT molecular complexity index is 619. The van der Waals surface area contributed by atoms with E-state index in [0.29, 0.717) is 28.2 Å². The van der Waals surface area contributed by atoms with Gasteiger partial charge in [0.15, 0.2) is 5.82 Å². The lowest BCUT2D eigenvalue weighted by atomic mass is 10.1. The zero-order valence-electron chi connectivity index (χ0n) is 10.6. The molecule has 0 spiro atoms. The molecule has 7 heteroatoms.